The standard InChI is InChI=1S/C6H14N2O2/c1-6(8,5(9)10)3-2-4-7/h2-4,7-8H2,1H3,(H,9,10)/t6-/m1/s1. The van der Waals surface area contributed by atoms with Crippen molar-refractivity contribution in [3.05, 3.63) is 0 Å². The van der Waals surface area contributed by atoms with Crippen molar-refractivity contribution in [3.63, 3.8) is 0 Å². The van der Waals surface area contributed by atoms with Gasteiger partial charge >= 0.3 is 5.97 Å². The lowest BCUT2D eigenvalue weighted by molar-refractivity contribution is -0.142. The summed E-state index contributed by atoms with van der Waals surface area (Å²) in [6, 6.07) is 0. The third-order valence-electron chi connectivity index (χ3n) is 1.39. The van der Waals surface area contributed by atoms with E-state index in [1.54, 1.807) is 0 Å². The first-order chi connectivity index (χ1) is 4.50. The first kappa shape index (κ1) is 9.39. The van der Waals surface area contributed by atoms with Crippen LogP contribution >= 0.6 is 0 Å². The third kappa shape index (κ3) is 2.80. The molecule has 0 rings (SSSR count). The van der Waals surface area contributed by atoms with Crippen LogP contribution in [0.15, 0.2) is 0 Å². The molecule has 60 valence electrons. The molecule has 0 aliphatic rings. The van der Waals surface area contributed by atoms with Crippen molar-refractivity contribution in [3.8, 4) is 0 Å². The van der Waals surface area contributed by atoms with E-state index in [1.807, 2.05) is 0 Å². The molecule has 1 atom stereocenters. The molecule has 0 saturated carbocycles. The Kier molecular flexibility index (Phi) is 3.32. The first-order valence-electron chi connectivity index (χ1n) is 3.23. The Morgan fingerprint density at radius 2 is 2.20 bits per heavy atom. The minimum absolute atomic E-state index is 0.429. The van der Waals surface area contributed by atoms with Crippen molar-refractivity contribution in [1.29, 1.82) is 0 Å². The summed E-state index contributed by atoms with van der Waals surface area (Å²) in [6.45, 7) is 1.98. The highest BCUT2D eigenvalue weighted by Crippen LogP contribution is 2.07. The molecule has 4 heteroatoms. The maximum Gasteiger partial charge on any atom is 0.323 e. The zero-order valence-corrected chi connectivity index (χ0v) is 6.13. The molecule has 0 saturated heterocycles. The molecule has 0 bridgehead atoms. The molecule has 0 aliphatic heterocycles. The van der Waals surface area contributed by atoms with Gasteiger partial charge in [0.25, 0.3) is 0 Å². The summed E-state index contributed by atoms with van der Waals surface area (Å²) in [4.78, 5) is 10.4. The van der Waals surface area contributed by atoms with E-state index in [0.29, 0.717) is 19.4 Å². The summed E-state index contributed by atoms with van der Waals surface area (Å²) < 4.78 is 0. The van der Waals surface area contributed by atoms with Gasteiger partial charge in [0.2, 0.25) is 0 Å². The van der Waals surface area contributed by atoms with Gasteiger partial charge in [-0.3, -0.25) is 4.79 Å². The molecule has 0 aliphatic carbocycles. The highest BCUT2D eigenvalue weighted by Gasteiger charge is 2.26. The lowest BCUT2D eigenvalue weighted by Gasteiger charge is -2.17. The van der Waals surface area contributed by atoms with Gasteiger partial charge in [0.15, 0.2) is 0 Å². The highest BCUT2D eigenvalue weighted by molar-refractivity contribution is 5.77. The monoisotopic (exact) mass is 146 g/mol. The molecule has 5 N–H and O–H groups in total. The summed E-state index contributed by atoms with van der Waals surface area (Å²) in [5.41, 5.74) is 9.47. The number of carbonyl (C=O) groups is 1. The number of hydrogen-bond donors (Lipinski definition) is 3. The topological polar surface area (TPSA) is 89.3 Å². The fourth-order valence-electron chi connectivity index (χ4n) is 0.576. The van der Waals surface area contributed by atoms with Crippen LogP contribution in [0.2, 0.25) is 0 Å². The first-order valence-corrected chi connectivity index (χ1v) is 3.23. The molecule has 0 heterocycles. The van der Waals surface area contributed by atoms with Gasteiger partial charge < -0.3 is 16.6 Å². The largest absolute Gasteiger partial charge is 0.480 e. The number of carboxylic acid groups (broad SMARTS) is 1. The van der Waals surface area contributed by atoms with Crippen LogP contribution in [-0.2, 0) is 4.79 Å². The minimum Gasteiger partial charge on any atom is -0.480 e. The van der Waals surface area contributed by atoms with Crippen molar-refractivity contribution in [2.75, 3.05) is 6.54 Å². The van der Waals surface area contributed by atoms with Crippen LogP contribution in [0.3, 0.4) is 0 Å². The predicted octanol–water partition coefficient (Wildman–Crippen LogP) is -0.473. The van der Waals surface area contributed by atoms with Gasteiger partial charge in [-0.15, -0.1) is 0 Å². The van der Waals surface area contributed by atoms with E-state index in [1.165, 1.54) is 6.92 Å². The lowest BCUT2D eigenvalue weighted by atomic mass is 9.98. The molecule has 0 fully saturated rings. The summed E-state index contributed by atoms with van der Waals surface area (Å²) in [5.74, 6) is -0.971. The zero-order chi connectivity index (χ0) is 8.20. The van der Waals surface area contributed by atoms with Crippen molar-refractivity contribution in [2.45, 2.75) is 25.3 Å². The Balaban J connectivity index is 3.75. The Morgan fingerprint density at radius 1 is 1.70 bits per heavy atom. The van der Waals surface area contributed by atoms with Gasteiger partial charge in [0.1, 0.15) is 5.54 Å². The molecule has 4 nitrogen and oxygen atoms in total. The highest BCUT2D eigenvalue weighted by atomic mass is 16.4. The molecule has 0 aromatic heterocycles. The summed E-state index contributed by atoms with van der Waals surface area (Å²) in [7, 11) is 0. The van der Waals surface area contributed by atoms with E-state index in [9.17, 15) is 4.79 Å². The van der Waals surface area contributed by atoms with E-state index in [0.717, 1.165) is 0 Å². The Morgan fingerprint density at radius 3 is 2.50 bits per heavy atom. The fourth-order valence-corrected chi connectivity index (χ4v) is 0.576. The maximum absolute atomic E-state index is 10.4. The number of aliphatic carboxylic acids is 1. The zero-order valence-electron chi connectivity index (χ0n) is 6.13. The van der Waals surface area contributed by atoms with Crippen molar-refractivity contribution in [2.24, 2.45) is 11.5 Å². The van der Waals surface area contributed by atoms with Crippen molar-refractivity contribution in [1.82, 2.24) is 0 Å². The lowest BCUT2D eigenvalue weighted by Crippen LogP contribution is -2.45. The Bertz CT molecular complexity index is 123. The van der Waals surface area contributed by atoms with Gasteiger partial charge in [-0.2, -0.15) is 0 Å². The van der Waals surface area contributed by atoms with E-state index in [-0.39, 0.29) is 0 Å². The normalized spacial score (nSPS) is 16.3. The van der Waals surface area contributed by atoms with Gasteiger partial charge in [0.05, 0.1) is 0 Å². The average Bonchev–Trinajstić information content (AvgIpc) is 1.84. The van der Waals surface area contributed by atoms with Crippen molar-refractivity contribution < 1.29 is 9.90 Å². The minimum atomic E-state index is -1.11. The Hall–Kier alpha value is -0.610. The quantitative estimate of drug-likeness (QED) is 0.500. The number of hydrogen-bond acceptors (Lipinski definition) is 3. The Labute approximate surface area is 60.2 Å². The summed E-state index contributed by atoms with van der Waals surface area (Å²) >= 11 is 0. The summed E-state index contributed by atoms with van der Waals surface area (Å²) in [5, 5.41) is 8.50. The van der Waals surface area contributed by atoms with Crippen LogP contribution in [0.1, 0.15) is 19.8 Å². The average molecular weight is 146 g/mol. The second-order valence-electron chi connectivity index (χ2n) is 2.61. The number of carboxylic acids is 1. The third-order valence-corrected chi connectivity index (χ3v) is 1.39. The molecule has 10 heavy (non-hydrogen) atoms. The van der Waals surface area contributed by atoms with Crippen LogP contribution < -0.4 is 11.5 Å². The fraction of sp³-hybridized carbons (Fsp3) is 0.833. The van der Waals surface area contributed by atoms with Crippen LogP contribution in [0.4, 0.5) is 0 Å². The van der Waals surface area contributed by atoms with Crippen LogP contribution in [0.5, 0.6) is 0 Å². The van der Waals surface area contributed by atoms with Gasteiger partial charge in [0, 0.05) is 0 Å². The maximum atomic E-state index is 10.4. The number of rotatable bonds is 4. The van der Waals surface area contributed by atoms with Crippen LogP contribution in [0.25, 0.3) is 0 Å². The molecule has 0 radical (unpaired) electrons. The van der Waals surface area contributed by atoms with E-state index in [4.69, 9.17) is 16.6 Å². The molecule has 0 aromatic rings. The van der Waals surface area contributed by atoms with Crippen molar-refractivity contribution >= 4 is 5.97 Å². The molecular weight excluding hydrogens is 132 g/mol. The van der Waals surface area contributed by atoms with Gasteiger partial charge in [-0.25, -0.2) is 0 Å². The van der Waals surface area contributed by atoms with E-state index >= 15 is 0 Å². The second kappa shape index (κ2) is 3.53. The van der Waals surface area contributed by atoms with Gasteiger partial charge in [-0.05, 0) is 26.3 Å². The van der Waals surface area contributed by atoms with E-state index in [2.05, 4.69) is 0 Å². The molecule has 0 aromatic carbocycles. The molecular formula is C6H14N2O2. The van der Waals surface area contributed by atoms with Crippen LogP contribution in [-0.4, -0.2) is 23.2 Å². The molecule has 0 spiro atoms. The predicted molar refractivity (Wildman–Crippen MR) is 38.5 cm³/mol. The van der Waals surface area contributed by atoms with Crippen LogP contribution in [0, 0.1) is 0 Å². The number of nitrogens with two attached hydrogens (primary N) is 2. The SMILES string of the molecule is C[C@@](N)(CCCN)C(=O)O. The van der Waals surface area contributed by atoms with E-state index < -0.39 is 11.5 Å². The van der Waals surface area contributed by atoms with Gasteiger partial charge in [-0.1, -0.05) is 0 Å². The molecule has 0 unspecified atom stereocenters. The summed E-state index contributed by atoms with van der Waals surface area (Å²) in [6.07, 6.45) is 1.08. The second-order valence-corrected chi connectivity index (χ2v) is 2.61. The smallest absolute Gasteiger partial charge is 0.323 e. The molecule has 0 amide bonds.